The molecule has 1 aromatic rings. The minimum atomic E-state index is 0.711. The average molecular weight is 269 g/mol. The number of nitrogens with one attached hydrogen (secondary N) is 1. The molecule has 0 fully saturated rings. The Balaban J connectivity index is 2.43. The lowest BCUT2D eigenvalue weighted by Gasteiger charge is -2.11. The largest absolute Gasteiger partial charge is 0.493 e. The summed E-state index contributed by atoms with van der Waals surface area (Å²) in [7, 11) is 3.31. The monoisotopic (exact) mass is 269 g/mol. The van der Waals surface area contributed by atoms with Gasteiger partial charge in [-0.3, -0.25) is 0 Å². The third-order valence-corrected chi connectivity index (χ3v) is 3.95. The van der Waals surface area contributed by atoms with Crippen molar-refractivity contribution < 1.29 is 9.47 Å². The number of ether oxygens (including phenoxy) is 2. The Morgan fingerprint density at radius 2 is 1.94 bits per heavy atom. The second kappa shape index (κ2) is 8.27. The second-order valence-corrected chi connectivity index (χ2v) is 5.48. The molecule has 0 aliphatic heterocycles. The zero-order chi connectivity index (χ0) is 13.4. The smallest absolute Gasteiger partial charge is 0.161 e. The van der Waals surface area contributed by atoms with E-state index >= 15 is 0 Å². The molecule has 0 aliphatic rings. The molecule has 102 valence electrons. The Morgan fingerprint density at radius 3 is 2.56 bits per heavy atom. The van der Waals surface area contributed by atoms with Crippen LogP contribution in [-0.2, 0) is 6.54 Å². The van der Waals surface area contributed by atoms with Crippen molar-refractivity contribution in [1.29, 1.82) is 0 Å². The summed E-state index contributed by atoms with van der Waals surface area (Å²) in [5.41, 5.74) is 1.21. The highest BCUT2D eigenvalue weighted by atomic mass is 32.2. The number of rotatable bonds is 8. The molecule has 0 heterocycles. The molecule has 0 radical (unpaired) electrons. The minimum absolute atomic E-state index is 0.711. The molecule has 1 aromatic carbocycles. The van der Waals surface area contributed by atoms with Crippen molar-refractivity contribution in [1.82, 2.24) is 5.32 Å². The fourth-order valence-corrected chi connectivity index (χ4v) is 2.00. The van der Waals surface area contributed by atoms with Gasteiger partial charge in [-0.05, 0) is 36.9 Å². The van der Waals surface area contributed by atoms with Gasteiger partial charge in [0.15, 0.2) is 11.5 Å². The molecule has 0 saturated carbocycles. The van der Waals surface area contributed by atoms with Crippen LogP contribution in [-0.4, -0.2) is 32.3 Å². The first-order valence-electron chi connectivity index (χ1n) is 6.15. The van der Waals surface area contributed by atoms with Gasteiger partial charge in [-0.2, -0.15) is 11.8 Å². The van der Waals surface area contributed by atoms with Crippen LogP contribution >= 0.6 is 11.8 Å². The highest BCUT2D eigenvalue weighted by Crippen LogP contribution is 2.27. The summed E-state index contributed by atoms with van der Waals surface area (Å²) in [6.45, 7) is 4.15. The van der Waals surface area contributed by atoms with Gasteiger partial charge < -0.3 is 14.8 Å². The number of hydrogen-bond acceptors (Lipinski definition) is 4. The van der Waals surface area contributed by atoms with Crippen molar-refractivity contribution in [3.63, 3.8) is 0 Å². The van der Waals surface area contributed by atoms with Crippen LogP contribution in [0.1, 0.15) is 18.9 Å². The van der Waals surface area contributed by atoms with Crippen LogP contribution in [0.5, 0.6) is 11.5 Å². The van der Waals surface area contributed by atoms with Gasteiger partial charge in [0.1, 0.15) is 0 Å². The van der Waals surface area contributed by atoms with E-state index in [0.717, 1.165) is 24.6 Å². The van der Waals surface area contributed by atoms with Gasteiger partial charge in [-0.25, -0.2) is 0 Å². The number of benzene rings is 1. The molecule has 1 N–H and O–H groups in total. The lowest BCUT2D eigenvalue weighted by molar-refractivity contribution is 0.354. The van der Waals surface area contributed by atoms with Crippen LogP contribution in [0.25, 0.3) is 0 Å². The van der Waals surface area contributed by atoms with Crippen LogP contribution in [0, 0.1) is 0 Å². The van der Waals surface area contributed by atoms with Crippen LogP contribution in [0.4, 0.5) is 0 Å². The minimum Gasteiger partial charge on any atom is -0.493 e. The van der Waals surface area contributed by atoms with E-state index in [0.29, 0.717) is 5.25 Å². The van der Waals surface area contributed by atoms with Crippen molar-refractivity contribution in [3.05, 3.63) is 23.8 Å². The zero-order valence-electron chi connectivity index (χ0n) is 11.7. The van der Waals surface area contributed by atoms with E-state index in [1.54, 1.807) is 14.2 Å². The van der Waals surface area contributed by atoms with Gasteiger partial charge in [0.25, 0.3) is 0 Å². The third-order valence-electron chi connectivity index (χ3n) is 2.91. The van der Waals surface area contributed by atoms with Crippen molar-refractivity contribution >= 4 is 11.8 Å². The maximum absolute atomic E-state index is 5.28. The molecule has 0 spiro atoms. The van der Waals surface area contributed by atoms with Gasteiger partial charge in [0, 0.05) is 11.8 Å². The van der Waals surface area contributed by atoms with E-state index in [9.17, 15) is 0 Å². The SMILES string of the molecule is COc1ccc(CNCCC(C)SC)cc1OC. The summed E-state index contributed by atoms with van der Waals surface area (Å²) in [4.78, 5) is 0. The summed E-state index contributed by atoms with van der Waals surface area (Å²) in [6, 6.07) is 6.02. The van der Waals surface area contributed by atoms with Crippen LogP contribution in [0.2, 0.25) is 0 Å². The zero-order valence-corrected chi connectivity index (χ0v) is 12.5. The lowest BCUT2D eigenvalue weighted by Crippen LogP contribution is -2.17. The lowest BCUT2D eigenvalue weighted by atomic mass is 10.2. The first-order chi connectivity index (χ1) is 8.71. The molecule has 1 rings (SSSR count). The second-order valence-electron chi connectivity index (χ2n) is 4.20. The highest BCUT2D eigenvalue weighted by molar-refractivity contribution is 7.99. The fraction of sp³-hybridized carbons (Fsp3) is 0.571. The molecule has 0 amide bonds. The summed E-state index contributed by atoms with van der Waals surface area (Å²) >= 11 is 1.91. The number of methoxy groups -OCH3 is 2. The number of thioether (sulfide) groups is 1. The third kappa shape index (κ3) is 4.78. The normalized spacial score (nSPS) is 12.2. The first kappa shape index (κ1) is 15.2. The Bertz CT molecular complexity index is 358. The van der Waals surface area contributed by atoms with E-state index in [4.69, 9.17) is 9.47 Å². The molecule has 1 unspecified atom stereocenters. The van der Waals surface area contributed by atoms with E-state index in [1.807, 2.05) is 23.9 Å². The first-order valence-corrected chi connectivity index (χ1v) is 7.44. The quantitative estimate of drug-likeness (QED) is 0.735. The molecule has 1 atom stereocenters. The predicted molar refractivity (Wildman–Crippen MR) is 78.8 cm³/mol. The van der Waals surface area contributed by atoms with Crippen molar-refractivity contribution in [3.8, 4) is 11.5 Å². The van der Waals surface area contributed by atoms with Gasteiger partial charge in [-0.15, -0.1) is 0 Å². The van der Waals surface area contributed by atoms with Crippen molar-refractivity contribution in [2.45, 2.75) is 25.1 Å². The molecule has 18 heavy (non-hydrogen) atoms. The Kier molecular flexibility index (Phi) is 6.98. The van der Waals surface area contributed by atoms with Gasteiger partial charge in [-0.1, -0.05) is 13.0 Å². The summed E-state index contributed by atoms with van der Waals surface area (Å²) in [6.07, 6.45) is 3.34. The molecule has 3 nitrogen and oxygen atoms in total. The maximum atomic E-state index is 5.28. The number of hydrogen-bond donors (Lipinski definition) is 1. The Hall–Kier alpha value is -0.870. The molecule has 0 saturated heterocycles. The van der Waals surface area contributed by atoms with Crippen molar-refractivity contribution in [2.24, 2.45) is 0 Å². The molecular weight excluding hydrogens is 246 g/mol. The van der Waals surface area contributed by atoms with Gasteiger partial charge in [0.2, 0.25) is 0 Å². The van der Waals surface area contributed by atoms with E-state index < -0.39 is 0 Å². The van der Waals surface area contributed by atoms with Crippen molar-refractivity contribution in [2.75, 3.05) is 27.0 Å². The fourth-order valence-electron chi connectivity index (χ4n) is 1.65. The molecule has 0 aliphatic carbocycles. The molecule has 0 aromatic heterocycles. The molecule has 4 heteroatoms. The summed E-state index contributed by atoms with van der Waals surface area (Å²) in [5, 5.41) is 4.16. The topological polar surface area (TPSA) is 30.5 Å². The van der Waals surface area contributed by atoms with E-state index in [2.05, 4.69) is 24.6 Å². The molecule has 0 bridgehead atoms. The molecular formula is C14H23NO2S. The summed E-state index contributed by atoms with van der Waals surface area (Å²) in [5.74, 6) is 1.56. The Labute approximate surface area is 114 Å². The van der Waals surface area contributed by atoms with Crippen LogP contribution in [0.3, 0.4) is 0 Å². The summed E-state index contributed by atoms with van der Waals surface area (Å²) < 4.78 is 10.5. The van der Waals surface area contributed by atoms with Gasteiger partial charge >= 0.3 is 0 Å². The highest BCUT2D eigenvalue weighted by Gasteiger charge is 2.04. The standard InChI is InChI=1S/C14H23NO2S/c1-11(18-4)7-8-15-10-12-5-6-13(16-2)14(9-12)17-3/h5-6,9,11,15H,7-8,10H2,1-4H3. The Morgan fingerprint density at radius 1 is 1.22 bits per heavy atom. The predicted octanol–water partition coefficient (Wildman–Crippen LogP) is 2.94. The van der Waals surface area contributed by atoms with Crippen LogP contribution in [0.15, 0.2) is 18.2 Å². The maximum Gasteiger partial charge on any atom is 0.161 e. The van der Waals surface area contributed by atoms with Crippen LogP contribution < -0.4 is 14.8 Å². The van der Waals surface area contributed by atoms with E-state index in [1.165, 1.54) is 12.0 Å². The average Bonchev–Trinajstić information content (AvgIpc) is 2.42. The van der Waals surface area contributed by atoms with E-state index in [-0.39, 0.29) is 0 Å². The van der Waals surface area contributed by atoms with Gasteiger partial charge in [0.05, 0.1) is 14.2 Å².